The molecule has 0 saturated heterocycles. The predicted octanol–water partition coefficient (Wildman–Crippen LogP) is 7.17. The smallest absolute Gasteiger partial charge is 0.335 e. The summed E-state index contributed by atoms with van der Waals surface area (Å²) in [4.78, 5) is 10.2. The number of para-hydroxylation sites is 1. The number of quaternary nitrogens is 1. The monoisotopic (exact) mass is 451 g/mol. The Morgan fingerprint density at radius 3 is 1.44 bits per heavy atom. The standard InChI is InChI=1S/C20H44NO.C7H6O3/c1-4-5-6-7-8-9-10-11-12-13-14-15-16-17-18-19-20-21(2,3)22;8-6-4-2-1-3-5(6)7(9)10/h22H,4-20H2,1-3H3;1-4,8H,(H,9,10)/q+1;/p-1. The molecule has 0 atom stereocenters. The molecular formula is C27H49NO4. The van der Waals surface area contributed by atoms with E-state index < -0.39 is 11.7 Å². The number of hydroxylamine groups is 3. The molecule has 0 fully saturated rings. The van der Waals surface area contributed by atoms with Crippen LogP contribution in [0.4, 0.5) is 0 Å². The van der Waals surface area contributed by atoms with E-state index in [1.54, 1.807) is 0 Å². The highest BCUT2D eigenvalue weighted by molar-refractivity contribution is 5.90. The van der Waals surface area contributed by atoms with Crippen molar-refractivity contribution >= 4 is 5.97 Å². The lowest BCUT2D eigenvalue weighted by Gasteiger charge is -2.18. The highest BCUT2D eigenvalue weighted by Crippen LogP contribution is 2.14. The second kappa shape index (κ2) is 20.0. The van der Waals surface area contributed by atoms with Gasteiger partial charge in [0.25, 0.3) is 0 Å². The summed E-state index contributed by atoms with van der Waals surface area (Å²) in [5.74, 6) is -1.62. The molecule has 0 aliphatic rings. The SMILES string of the molecule is CCCCCCCCCCCCCCCCCC[N+](C)(C)O.O=C(O)c1ccccc1[O-]. The molecule has 32 heavy (non-hydrogen) atoms. The van der Waals surface area contributed by atoms with Crippen LogP contribution < -0.4 is 5.11 Å². The van der Waals surface area contributed by atoms with Gasteiger partial charge < -0.3 is 10.2 Å². The van der Waals surface area contributed by atoms with Gasteiger partial charge in [-0.05, 0) is 18.9 Å². The summed E-state index contributed by atoms with van der Waals surface area (Å²) in [6, 6.07) is 5.54. The summed E-state index contributed by atoms with van der Waals surface area (Å²) >= 11 is 0. The van der Waals surface area contributed by atoms with Gasteiger partial charge in [-0.15, -0.1) is 0 Å². The maximum absolute atomic E-state index is 10.7. The Bertz CT molecular complexity index is 569. The highest BCUT2D eigenvalue weighted by Gasteiger charge is 2.08. The van der Waals surface area contributed by atoms with Crippen molar-refractivity contribution in [2.24, 2.45) is 0 Å². The first-order chi connectivity index (χ1) is 15.3. The van der Waals surface area contributed by atoms with E-state index in [4.69, 9.17) is 5.11 Å². The third-order valence-electron chi connectivity index (χ3n) is 5.68. The fraction of sp³-hybridized carbons (Fsp3) is 0.741. The molecule has 0 aromatic heterocycles. The van der Waals surface area contributed by atoms with Gasteiger partial charge in [0.2, 0.25) is 0 Å². The van der Waals surface area contributed by atoms with E-state index in [0.29, 0.717) is 0 Å². The van der Waals surface area contributed by atoms with Crippen LogP contribution in [0, 0.1) is 0 Å². The molecule has 0 aliphatic carbocycles. The number of hydrogen-bond donors (Lipinski definition) is 2. The molecular weight excluding hydrogens is 402 g/mol. The minimum absolute atomic E-state index is 0.124. The van der Waals surface area contributed by atoms with Crippen molar-refractivity contribution in [3.8, 4) is 5.75 Å². The van der Waals surface area contributed by atoms with Crippen LogP contribution in [-0.4, -0.2) is 41.6 Å². The summed E-state index contributed by atoms with van der Waals surface area (Å²) in [6.07, 6.45) is 22.4. The van der Waals surface area contributed by atoms with Gasteiger partial charge in [0.05, 0.1) is 19.7 Å². The van der Waals surface area contributed by atoms with E-state index in [-0.39, 0.29) is 10.2 Å². The van der Waals surface area contributed by atoms with Crippen LogP contribution in [-0.2, 0) is 0 Å². The summed E-state index contributed by atoms with van der Waals surface area (Å²) in [7, 11) is 3.70. The van der Waals surface area contributed by atoms with Crippen molar-refractivity contribution in [3.63, 3.8) is 0 Å². The van der Waals surface area contributed by atoms with Crippen molar-refractivity contribution in [2.45, 2.75) is 110 Å². The zero-order valence-electron chi connectivity index (χ0n) is 21.0. The molecule has 186 valence electrons. The van der Waals surface area contributed by atoms with Crippen LogP contribution in [0.1, 0.15) is 120 Å². The molecule has 1 rings (SSSR count). The Kier molecular flexibility index (Phi) is 19.1. The normalized spacial score (nSPS) is 11.1. The lowest BCUT2D eigenvalue weighted by atomic mass is 10.0. The molecule has 0 saturated carbocycles. The third kappa shape index (κ3) is 20.3. The molecule has 0 radical (unpaired) electrons. The quantitative estimate of drug-likeness (QED) is 0.141. The molecule has 0 unspecified atom stereocenters. The fourth-order valence-corrected chi connectivity index (χ4v) is 3.69. The van der Waals surface area contributed by atoms with Crippen LogP contribution in [0.25, 0.3) is 0 Å². The molecule has 0 heterocycles. The van der Waals surface area contributed by atoms with Gasteiger partial charge in [-0.3, -0.25) is 0 Å². The Morgan fingerprint density at radius 1 is 0.750 bits per heavy atom. The summed E-state index contributed by atoms with van der Waals surface area (Å²) in [6.45, 7) is 3.17. The van der Waals surface area contributed by atoms with Gasteiger partial charge in [0.15, 0.2) is 0 Å². The van der Waals surface area contributed by atoms with E-state index in [2.05, 4.69) is 6.92 Å². The molecule has 2 N–H and O–H groups in total. The van der Waals surface area contributed by atoms with Crippen LogP contribution in [0.3, 0.4) is 0 Å². The lowest BCUT2D eigenvalue weighted by molar-refractivity contribution is -1.07. The van der Waals surface area contributed by atoms with Crippen LogP contribution in [0.5, 0.6) is 5.75 Å². The van der Waals surface area contributed by atoms with Crippen molar-refractivity contribution in [1.29, 1.82) is 0 Å². The first-order valence-electron chi connectivity index (χ1n) is 12.8. The topological polar surface area (TPSA) is 80.6 Å². The summed E-state index contributed by atoms with van der Waals surface area (Å²) in [5, 5.41) is 28.6. The van der Waals surface area contributed by atoms with E-state index in [0.717, 1.165) is 13.0 Å². The first-order valence-corrected chi connectivity index (χ1v) is 12.8. The average Bonchev–Trinajstić information content (AvgIpc) is 2.73. The van der Waals surface area contributed by atoms with Crippen molar-refractivity contribution in [1.82, 2.24) is 0 Å². The molecule has 1 aromatic carbocycles. The zero-order chi connectivity index (χ0) is 24.1. The van der Waals surface area contributed by atoms with Gasteiger partial charge in [-0.25, -0.2) is 10.0 Å². The summed E-state index contributed by atoms with van der Waals surface area (Å²) in [5.41, 5.74) is -0.178. The predicted molar refractivity (Wildman–Crippen MR) is 131 cm³/mol. The average molecular weight is 452 g/mol. The Morgan fingerprint density at radius 2 is 1.12 bits per heavy atom. The minimum atomic E-state index is -1.18. The Labute approximate surface area is 197 Å². The summed E-state index contributed by atoms with van der Waals surface area (Å²) < 4.78 is 0.124. The number of carboxylic acid groups (broad SMARTS) is 1. The molecule has 0 amide bonds. The van der Waals surface area contributed by atoms with Crippen molar-refractivity contribution in [2.75, 3.05) is 20.6 Å². The van der Waals surface area contributed by atoms with Crippen LogP contribution in [0.15, 0.2) is 24.3 Å². The fourth-order valence-electron chi connectivity index (χ4n) is 3.69. The highest BCUT2D eigenvalue weighted by atomic mass is 16.5. The number of rotatable bonds is 18. The maximum Gasteiger partial charge on any atom is 0.335 e. The molecule has 1 aromatic rings. The minimum Gasteiger partial charge on any atom is -0.872 e. The Balaban J connectivity index is 0.000000792. The largest absolute Gasteiger partial charge is 0.872 e. The van der Waals surface area contributed by atoms with Crippen LogP contribution >= 0.6 is 0 Å². The number of carbonyl (C=O) groups is 1. The Hall–Kier alpha value is -1.59. The van der Waals surface area contributed by atoms with Gasteiger partial charge in [-0.1, -0.05) is 121 Å². The number of aromatic carboxylic acids is 1. The van der Waals surface area contributed by atoms with E-state index in [1.165, 1.54) is 121 Å². The number of unbranched alkanes of at least 4 members (excludes halogenated alkanes) is 15. The van der Waals surface area contributed by atoms with E-state index >= 15 is 0 Å². The van der Waals surface area contributed by atoms with E-state index in [1.807, 2.05) is 14.1 Å². The molecule has 5 nitrogen and oxygen atoms in total. The third-order valence-corrected chi connectivity index (χ3v) is 5.68. The maximum atomic E-state index is 10.7. The number of carboxylic acids is 1. The number of benzene rings is 1. The van der Waals surface area contributed by atoms with Gasteiger partial charge in [0.1, 0.15) is 6.54 Å². The second-order valence-corrected chi connectivity index (χ2v) is 9.45. The first kappa shape index (κ1) is 30.4. The van der Waals surface area contributed by atoms with Crippen LogP contribution in [0.2, 0.25) is 0 Å². The van der Waals surface area contributed by atoms with E-state index in [9.17, 15) is 15.1 Å². The van der Waals surface area contributed by atoms with Crippen molar-refractivity contribution < 1.29 is 24.9 Å². The van der Waals surface area contributed by atoms with Gasteiger partial charge in [0, 0.05) is 0 Å². The molecule has 5 heteroatoms. The lowest BCUT2D eigenvalue weighted by Crippen LogP contribution is -2.36. The van der Waals surface area contributed by atoms with Gasteiger partial charge >= 0.3 is 5.97 Å². The zero-order valence-corrected chi connectivity index (χ0v) is 21.0. The second-order valence-electron chi connectivity index (χ2n) is 9.45. The van der Waals surface area contributed by atoms with Crippen molar-refractivity contribution in [3.05, 3.63) is 29.8 Å². The van der Waals surface area contributed by atoms with Gasteiger partial charge in [-0.2, -0.15) is 4.65 Å². The molecule has 0 aliphatic heterocycles. The molecule has 0 bridgehead atoms. The molecule has 0 spiro atoms. The number of nitrogens with zero attached hydrogens (tertiary/aromatic N) is 1. The number of hydrogen-bond acceptors (Lipinski definition) is 3.